The van der Waals surface area contributed by atoms with Gasteiger partial charge in [0.15, 0.2) is 11.4 Å². The van der Waals surface area contributed by atoms with Gasteiger partial charge < -0.3 is 31.1 Å². The van der Waals surface area contributed by atoms with Crippen LogP contribution in [0.5, 0.6) is 5.75 Å². The van der Waals surface area contributed by atoms with Gasteiger partial charge in [0.25, 0.3) is 5.91 Å². The molecule has 0 bridgehead atoms. The highest BCUT2D eigenvalue weighted by Gasteiger charge is 2.60. The van der Waals surface area contributed by atoms with Gasteiger partial charge in [0, 0.05) is 43.6 Å². The largest absolute Gasteiger partial charge is 0.508 e. The molecule has 0 saturated heterocycles. The number of Topliss-reactive ketones (excluding diaryl/α,β-unsaturated/α-hetero) is 2. The molecule has 3 aliphatic carbocycles. The number of phenols is 1. The number of benzene rings is 1. The SMILES string of the molecule is CN(C)c1cc(CCC(CF)CF)c(O)c2c1C[C@H]1C[C@H]3CC(=O)C(C(N)=O)=C(O)[C@@]3(O)C(=O)C1=C2O. The highest BCUT2D eigenvalue weighted by atomic mass is 19.1. The van der Waals surface area contributed by atoms with Gasteiger partial charge >= 0.3 is 0 Å². The maximum absolute atomic E-state index is 13.6. The molecule has 0 aromatic heterocycles. The van der Waals surface area contributed by atoms with Crippen LogP contribution in [0.1, 0.15) is 36.0 Å². The van der Waals surface area contributed by atoms with Gasteiger partial charge in [0.05, 0.1) is 18.9 Å². The van der Waals surface area contributed by atoms with Crippen molar-refractivity contribution in [2.24, 2.45) is 23.5 Å². The molecule has 6 N–H and O–H groups in total. The smallest absolute Gasteiger partial charge is 0.255 e. The number of ketones is 2. The van der Waals surface area contributed by atoms with Crippen LogP contribution in [0.4, 0.5) is 14.5 Å². The molecule has 0 radical (unpaired) electrons. The van der Waals surface area contributed by atoms with Gasteiger partial charge in [0.2, 0.25) is 5.78 Å². The molecule has 37 heavy (non-hydrogen) atoms. The molecule has 0 unspecified atom stereocenters. The van der Waals surface area contributed by atoms with Gasteiger partial charge in [-0.3, -0.25) is 23.2 Å². The van der Waals surface area contributed by atoms with Gasteiger partial charge in [-0.2, -0.15) is 0 Å². The minimum absolute atomic E-state index is 0.0347. The molecule has 0 spiro atoms. The van der Waals surface area contributed by atoms with Crippen molar-refractivity contribution in [1.82, 2.24) is 0 Å². The first-order chi connectivity index (χ1) is 17.4. The maximum atomic E-state index is 13.6. The highest BCUT2D eigenvalue weighted by molar-refractivity contribution is 6.22. The van der Waals surface area contributed by atoms with Crippen LogP contribution in [0, 0.1) is 17.8 Å². The number of alkyl halides is 2. The molecule has 1 aromatic rings. The zero-order valence-corrected chi connectivity index (χ0v) is 20.6. The third-order valence-electron chi connectivity index (χ3n) is 7.86. The Bertz CT molecular complexity index is 1250. The molecule has 3 aliphatic rings. The summed E-state index contributed by atoms with van der Waals surface area (Å²) in [5.41, 5.74) is 2.92. The summed E-state index contributed by atoms with van der Waals surface area (Å²) < 4.78 is 26.1. The fourth-order valence-electron chi connectivity index (χ4n) is 5.87. The summed E-state index contributed by atoms with van der Waals surface area (Å²) in [5, 5.41) is 44.4. The number of carbonyl (C=O) groups is 3. The Hall–Kier alpha value is -3.47. The van der Waals surface area contributed by atoms with E-state index >= 15 is 0 Å². The second kappa shape index (κ2) is 9.44. The van der Waals surface area contributed by atoms with Crippen molar-refractivity contribution in [1.29, 1.82) is 0 Å². The molecule has 9 nitrogen and oxygen atoms in total. The first kappa shape index (κ1) is 26.6. The Morgan fingerprint density at radius 1 is 1.19 bits per heavy atom. The Balaban J connectivity index is 1.88. The number of amides is 1. The Labute approximate surface area is 211 Å². The van der Waals surface area contributed by atoms with E-state index in [9.17, 15) is 43.6 Å². The maximum Gasteiger partial charge on any atom is 0.255 e. The summed E-state index contributed by atoms with van der Waals surface area (Å²) >= 11 is 0. The lowest BCUT2D eigenvalue weighted by molar-refractivity contribution is -0.147. The van der Waals surface area contributed by atoms with Gasteiger partial charge in [-0.05, 0) is 48.8 Å². The van der Waals surface area contributed by atoms with Gasteiger partial charge in [0.1, 0.15) is 22.8 Å². The van der Waals surface area contributed by atoms with Crippen molar-refractivity contribution in [3.8, 4) is 5.75 Å². The first-order valence-corrected chi connectivity index (χ1v) is 12.0. The molecule has 0 heterocycles. The number of hydrogen-bond acceptors (Lipinski definition) is 8. The van der Waals surface area contributed by atoms with Crippen molar-refractivity contribution < 1.29 is 43.6 Å². The topological polar surface area (TPSA) is 161 Å². The van der Waals surface area contributed by atoms with Crippen LogP contribution in [-0.2, 0) is 27.2 Å². The molecule has 1 aromatic carbocycles. The molecule has 1 amide bonds. The fraction of sp³-hybridized carbons (Fsp3) is 0.500. The van der Waals surface area contributed by atoms with E-state index < -0.39 is 77.7 Å². The van der Waals surface area contributed by atoms with Crippen molar-refractivity contribution in [2.75, 3.05) is 32.3 Å². The lowest BCUT2D eigenvalue weighted by Gasteiger charge is -2.46. The number of nitrogens with zero attached hydrogens (tertiary/aromatic N) is 1. The summed E-state index contributed by atoms with van der Waals surface area (Å²) in [6, 6.07) is 1.68. The van der Waals surface area contributed by atoms with Crippen LogP contribution < -0.4 is 10.6 Å². The van der Waals surface area contributed by atoms with Gasteiger partial charge in [-0.25, -0.2) is 0 Å². The van der Waals surface area contributed by atoms with Crippen LogP contribution in [-0.4, -0.2) is 70.9 Å². The quantitative estimate of drug-likeness (QED) is 0.341. The number of hydrogen-bond donors (Lipinski definition) is 5. The van der Waals surface area contributed by atoms with Crippen molar-refractivity contribution in [3.05, 3.63) is 39.7 Å². The Morgan fingerprint density at radius 3 is 2.41 bits per heavy atom. The number of carbonyl (C=O) groups excluding carboxylic acids is 3. The molecular formula is C26H30F2N2O7. The lowest BCUT2D eigenvalue weighted by atomic mass is 9.59. The van der Waals surface area contributed by atoms with E-state index in [-0.39, 0.29) is 42.6 Å². The van der Waals surface area contributed by atoms with Crippen molar-refractivity contribution in [3.63, 3.8) is 0 Å². The number of phenolic OH excluding ortho intramolecular Hbond substituents is 1. The van der Waals surface area contributed by atoms with Crippen LogP contribution in [0.15, 0.2) is 23.0 Å². The standard InChI is InChI=1S/C26H30F2N2O7/c1-30(2)16-7-12(4-3-11(9-27)10-28)21(32)19-15(16)6-13-5-14-8-17(31)20(25(29)36)24(35)26(14,37)23(34)18(13)22(19)33/h7,11,13-14,32-33,35,37H,3-6,8-10H2,1-2H3,(H2,29,36)/t13-,14+,26+/m1/s1. The second-order valence-corrected chi connectivity index (χ2v) is 10.3. The van der Waals surface area contributed by atoms with Crippen molar-refractivity contribution in [2.45, 2.75) is 37.7 Å². The third kappa shape index (κ3) is 3.96. The predicted molar refractivity (Wildman–Crippen MR) is 129 cm³/mol. The number of halogens is 2. The predicted octanol–water partition coefficient (Wildman–Crippen LogP) is 1.98. The minimum atomic E-state index is -2.64. The minimum Gasteiger partial charge on any atom is -0.508 e. The third-order valence-corrected chi connectivity index (χ3v) is 7.86. The number of aryl methyl sites for hydroxylation is 1. The summed E-state index contributed by atoms with van der Waals surface area (Å²) in [5.74, 6) is -7.75. The first-order valence-electron chi connectivity index (χ1n) is 12.0. The fourth-order valence-corrected chi connectivity index (χ4v) is 5.87. The summed E-state index contributed by atoms with van der Waals surface area (Å²) in [6.07, 6.45) is 0.0322. The molecule has 1 saturated carbocycles. The molecule has 1 fully saturated rings. The molecule has 0 aliphatic heterocycles. The number of rotatable bonds is 7. The molecule has 11 heteroatoms. The van der Waals surface area contributed by atoms with Gasteiger partial charge in [-0.15, -0.1) is 0 Å². The summed E-state index contributed by atoms with van der Waals surface area (Å²) in [4.78, 5) is 39.6. The number of anilines is 1. The summed E-state index contributed by atoms with van der Waals surface area (Å²) in [6.45, 7) is -1.72. The van der Waals surface area contributed by atoms with E-state index in [1.807, 2.05) is 0 Å². The Morgan fingerprint density at radius 2 is 1.84 bits per heavy atom. The molecular weight excluding hydrogens is 490 g/mol. The summed E-state index contributed by atoms with van der Waals surface area (Å²) in [7, 11) is 3.49. The molecule has 200 valence electrons. The van der Waals surface area contributed by atoms with Gasteiger partial charge in [-0.1, -0.05) is 0 Å². The Kier molecular flexibility index (Phi) is 6.78. The average molecular weight is 521 g/mol. The van der Waals surface area contributed by atoms with E-state index in [0.29, 0.717) is 16.8 Å². The monoisotopic (exact) mass is 520 g/mol. The van der Waals surface area contributed by atoms with E-state index in [1.165, 1.54) is 0 Å². The zero-order valence-electron chi connectivity index (χ0n) is 20.6. The number of aliphatic hydroxyl groups excluding tert-OH is 2. The van der Waals surface area contributed by atoms with Crippen LogP contribution in [0.25, 0.3) is 5.76 Å². The highest BCUT2D eigenvalue weighted by Crippen LogP contribution is 2.53. The lowest BCUT2D eigenvalue weighted by Crippen LogP contribution is -2.58. The number of aromatic hydroxyl groups is 1. The van der Waals surface area contributed by atoms with E-state index in [1.54, 1.807) is 25.1 Å². The number of aliphatic hydroxyl groups is 3. The second-order valence-electron chi connectivity index (χ2n) is 10.3. The molecule has 4 rings (SSSR count). The number of fused-ring (bicyclic) bond motifs is 3. The number of nitrogens with two attached hydrogens (primary N) is 1. The van der Waals surface area contributed by atoms with E-state index in [4.69, 9.17) is 5.73 Å². The average Bonchev–Trinajstić information content (AvgIpc) is 2.82. The normalized spacial score (nSPS) is 25.2. The van der Waals surface area contributed by atoms with Crippen LogP contribution >= 0.6 is 0 Å². The van der Waals surface area contributed by atoms with Crippen LogP contribution in [0.3, 0.4) is 0 Å². The van der Waals surface area contributed by atoms with E-state index in [2.05, 4.69) is 0 Å². The number of primary amides is 1. The van der Waals surface area contributed by atoms with Crippen molar-refractivity contribution >= 4 is 28.9 Å². The van der Waals surface area contributed by atoms with E-state index in [0.717, 1.165) is 0 Å². The zero-order chi connectivity index (χ0) is 27.4. The molecule has 3 atom stereocenters. The van der Waals surface area contributed by atoms with Crippen LogP contribution in [0.2, 0.25) is 0 Å².